The molecule has 2 unspecified atom stereocenters. The summed E-state index contributed by atoms with van der Waals surface area (Å²) >= 11 is 5.56. The van der Waals surface area contributed by atoms with Gasteiger partial charge in [0.05, 0.1) is 16.9 Å². The number of carbonyl (C=O) groups is 2. The minimum absolute atomic E-state index is 0.222. The Morgan fingerprint density at radius 1 is 1.39 bits per heavy atom. The van der Waals surface area contributed by atoms with Crippen LogP contribution in [0.5, 0.6) is 0 Å². The van der Waals surface area contributed by atoms with Crippen molar-refractivity contribution in [3.05, 3.63) is 34.9 Å². The number of hydrogen-bond donors (Lipinski definition) is 5. The molecule has 2 atom stereocenters. The molecule has 1 aliphatic heterocycles. The van der Waals surface area contributed by atoms with Crippen molar-refractivity contribution < 1.29 is 33.9 Å². The maximum Gasteiger partial charge on any atom is 0.404 e. The van der Waals surface area contributed by atoms with E-state index in [1.807, 2.05) is 0 Å². The third-order valence-electron chi connectivity index (χ3n) is 3.34. The van der Waals surface area contributed by atoms with Crippen molar-refractivity contribution in [1.29, 1.82) is 0 Å². The van der Waals surface area contributed by atoms with Crippen LogP contribution in [0.3, 0.4) is 0 Å². The van der Waals surface area contributed by atoms with Crippen LogP contribution in [0.15, 0.2) is 24.3 Å². The fourth-order valence-electron chi connectivity index (χ4n) is 2.00. The van der Waals surface area contributed by atoms with Crippen molar-refractivity contribution in [3.8, 4) is 0 Å². The molecule has 1 aromatic carbocycles. The van der Waals surface area contributed by atoms with E-state index in [9.17, 15) is 18.7 Å². The molecular formula is C13H18ClNO7S. The molecule has 130 valence electrons. The van der Waals surface area contributed by atoms with Gasteiger partial charge in [-0.25, -0.2) is 9.59 Å². The van der Waals surface area contributed by atoms with Gasteiger partial charge in [0.25, 0.3) is 0 Å². The van der Waals surface area contributed by atoms with Crippen LogP contribution < -0.4 is 5.32 Å². The summed E-state index contributed by atoms with van der Waals surface area (Å²) in [7, 11) is -2.55. The van der Waals surface area contributed by atoms with E-state index in [0.717, 1.165) is 0 Å². The lowest BCUT2D eigenvalue weighted by molar-refractivity contribution is -0.182. The number of halogens is 1. The number of amides is 1. The van der Waals surface area contributed by atoms with Crippen molar-refractivity contribution in [3.63, 3.8) is 0 Å². The zero-order chi connectivity index (χ0) is 17.6. The van der Waals surface area contributed by atoms with Crippen LogP contribution >= 0.6 is 22.2 Å². The van der Waals surface area contributed by atoms with Crippen molar-refractivity contribution in [2.24, 2.45) is 0 Å². The Hall–Kier alpha value is -1.52. The normalized spacial score (nSPS) is 23.2. The summed E-state index contributed by atoms with van der Waals surface area (Å²) in [5.41, 5.74) is 0.222. The molecule has 1 aromatic rings. The SMILES string of the molecule is CC1C(NC(=O)O)CCS1(O)O.O=C(OO)c1cccc(Cl)c1. The molecule has 1 amide bonds. The second-order valence-electron chi connectivity index (χ2n) is 4.86. The number of carbonyl (C=O) groups excluding carboxylic acids is 1. The number of hydrogen-bond acceptors (Lipinski definition) is 6. The second-order valence-corrected chi connectivity index (χ2v) is 7.88. The second kappa shape index (κ2) is 8.37. The van der Waals surface area contributed by atoms with Crippen LogP contribution in [-0.4, -0.2) is 48.6 Å². The van der Waals surface area contributed by atoms with Gasteiger partial charge in [-0.1, -0.05) is 17.7 Å². The molecule has 0 saturated carbocycles. The molecule has 0 spiro atoms. The van der Waals surface area contributed by atoms with Gasteiger partial charge < -0.3 is 10.4 Å². The first kappa shape index (κ1) is 19.5. The molecule has 23 heavy (non-hydrogen) atoms. The smallest absolute Gasteiger partial charge is 0.404 e. The van der Waals surface area contributed by atoms with Gasteiger partial charge in [-0.3, -0.25) is 14.0 Å². The van der Waals surface area contributed by atoms with Crippen LogP contribution in [0.2, 0.25) is 5.02 Å². The fraction of sp³-hybridized carbons (Fsp3) is 0.385. The Kier molecular flexibility index (Phi) is 7.10. The van der Waals surface area contributed by atoms with E-state index in [4.69, 9.17) is 22.0 Å². The van der Waals surface area contributed by atoms with Gasteiger partial charge in [-0.2, -0.15) is 15.8 Å². The van der Waals surface area contributed by atoms with Crippen molar-refractivity contribution in [1.82, 2.24) is 5.32 Å². The zero-order valence-corrected chi connectivity index (χ0v) is 13.8. The van der Waals surface area contributed by atoms with E-state index >= 15 is 0 Å². The molecular weight excluding hydrogens is 350 g/mol. The first-order valence-corrected chi connectivity index (χ1v) is 8.68. The highest BCUT2D eigenvalue weighted by Crippen LogP contribution is 2.51. The summed E-state index contributed by atoms with van der Waals surface area (Å²) in [6, 6.07) is 5.79. The highest BCUT2D eigenvalue weighted by molar-refractivity contribution is 8.25. The maximum absolute atomic E-state index is 10.6. The molecule has 1 saturated heterocycles. The standard InChI is InChI=1S/C7H5ClO3.C6H13NO4S/c8-6-3-1-2-5(4-6)7(9)11-10;1-4-5(7-6(8)9)2-3-12(4,10)11/h1-4,10H;4-5,7,10-11H,2-3H2,1H3,(H,8,9). The van der Waals surface area contributed by atoms with Crippen LogP contribution in [0, 0.1) is 0 Å². The quantitative estimate of drug-likeness (QED) is 0.400. The molecule has 1 fully saturated rings. The first-order chi connectivity index (χ1) is 10.7. The number of carboxylic acid groups (broad SMARTS) is 1. The minimum atomic E-state index is -2.55. The summed E-state index contributed by atoms with van der Waals surface area (Å²) in [5, 5.41) is 18.7. The molecule has 0 aromatic heterocycles. The Morgan fingerprint density at radius 3 is 2.48 bits per heavy atom. The van der Waals surface area contributed by atoms with Gasteiger partial charge >= 0.3 is 12.1 Å². The van der Waals surface area contributed by atoms with Gasteiger partial charge in [-0.05, 0) is 31.5 Å². The van der Waals surface area contributed by atoms with Crippen molar-refractivity contribution in [2.75, 3.05) is 5.75 Å². The average molecular weight is 368 g/mol. The summed E-state index contributed by atoms with van der Waals surface area (Å²) in [5.74, 6) is -0.508. The van der Waals surface area contributed by atoms with E-state index < -0.39 is 22.7 Å². The molecule has 10 heteroatoms. The predicted octanol–water partition coefficient (Wildman–Crippen LogP) is 3.14. The molecule has 0 bridgehead atoms. The molecule has 0 aliphatic carbocycles. The monoisotopic (exact) mass is 367 g/mol. The Bertz CT molecular complexity index is 569. The third kappa shape index (κ3) is 5.88. The lowest BCUT2D eigenvalue weighted by atomic mass is 10.2. The first-order valence-electron chi connectivity index (χ1n) is 6.53. The Balaban J connectivity index is 0.000000231. The lowest BCUT2D eigenvalue weighted by Gasteiger charge is -2.33. The maximum atomic E-state index is 10.6. The van der Waals surface area contributed by atoms with Gasteiger partial charge in [0.2, 0.25) is 0 Å². The summed E-state index contributed by atoms with van der Waals surface area (Å²) < 4.78 is 18.7. The largest absolute Gasteiger partial charge is 0.465 e. The Labute approximate surface area is 139 Å². The van der Waals surface area contributed by atoms with E-state index in [1.54, 1.807) is 19.1 Å². The zero-order valence-electron chi connectivity index (χ0n) is 12.2. The van der Waals surface area contributed by atoms with Crippen molar-refractivity contribution in [2.45, 2.75) is 24.6 Å². The number of benzene rings is 1. The highest BCUT2D eigenvalue weighted by atomic mass is 35.5. The van der Waals surface area contributed by atoms with Crippen LogP contribution in [-0.2, 0) is 4.89 Å². The fourth-order valence-corrected chi connectivity index (χ4v) is 3.89. The van der Waals surface area contributed by atoms with Gasteiger partial charge in [0.1, 0.15) is 0 Å². The predicted molar refractivity (Wildman–Crippen MR) is 86.2 cm³/mol. The minimum Gasteiger partial charge on any atom is -0.465 e. The number of rotatable bonds is 2. The summed E-state index contributed by atoms with van der Waals surface area (Å²) in [4.78, 5) is 24.4. The van der Waals surface area contributed by atoms with Crippen molar-refractivity contribution >= 4 is 34.3 Å². The van der Waals surface area contributed by atoms with Crippen LogP contribution in [0.1, 0.15) is 23.7 Å². The molecule has 8 nitrogen and oxygen atoms in total. The summed E-state index contributed by atoms with van der Waals surface area (Å²) in [6.07, 6.45) is -0.598. The van der Waals surface area contributed by atoms with Crippen LogP contribution in [0.4, 0.5) is 4.79 Å². The van der Waals surface area contributed by atoms with E-state index in [0.29, 0.717) is 17.2 Å². The van der Waals surface area contributed by atoms with Gasteiger partial charge in [-0.15, -0.1) is 0 Å². The van der Waals surface area contributed by atoms with Crippen LogP contribution in [0.25, 0.3) is 0 Å². The molecule has 1 aliphatic rings. The summed E-state index contributed by atoms with van der Waals surface area (Å²) in [6.45, 7) is 1.66. The average Bonchev–Trinajstić information content (AvgIpc) is 2.73. The molecule has 0 radical (unpaired) electrons. The van der Waals surface area contributed by atoms with E-state index in [2.05, 4.69) is 10.2 Å². The molecule has 2 rings (SSSR count). The van der Waals surface area contributed by atoms with E-state index in [1.165, 1.54) is 12.1 Å². The topological polar surface area (TPSA) is 136 Å². The molecule has 5 N–H and O–H groups in total. The van der Waals surface area contributed by atoms with Gasteiger partial charge in [0, 0.05) is 10.8 Å². The third-order valence-corrected chi connectivity index (χ3v) is 5.93. The Morgan fingerprint density at radius 2 is 2.04 bits per heavy atom. The van der Waals surface area contributed by atoms with E-state index in [-0.39, 0.29) is 16.9 Å². The highest BCUT2D eigenvalue weighted by Gasteiger charge is 2.37. The molecule has 1 heterocycles. The number of nitrogens with one attached hydrogen (secondary N) is 1. The lowest BCUT2D eigenvalue weighted by Crippen LogP contribution is -2.38. The van der Waals surface area contributed by atoms with Gasteiger partial charge in [0.15, 0.2) is 0 Å².